The van der Waals surface area contributed by atoms with Crippen molar-refractivity contribution < 1.29 is 24.2 Å². The van der Waals surface area contributed by atoms with Gasteiger partial charge in [0.2, 0.25) is 5.91 Å². The van der Waals surface area contributed by atoms with Gasteiger partial charge in [-0.15, -0.1) is 0 Å². The summed E-state index contributed by atoms with van der Waals surface area (Å²) in [7, 11) is 1.41. The minimum absolute atomic E-state index is 0.0355. The summed E-state index contributed by atoms with van der Waals surface area (Å²) in [5.41, 5.74) is 1.08. The molecule has 144 valence electrons. The first-order valence-corrected chi connectivity index (χ1v) is 9.24. The van der Waals surface area contributed by atoms with Gasteiger partial charge in [-0.3, -0.25) is 19.3 Å². The summed E-state index contributed by atoms with van der Waals surface area (Å²) in [6.07, 6.45) is 1.50. The van der Waals surface area contributed by atoms with Crippen molar-refractivity contribution in [1.29, 1.82) is 0 Å². The number of aromatic hydroxyl groups is 1. The molecule has 1 saturated heterocycles. The number of imide groups is 1. The van der Waals surface area contributed by atoms with Crippen molar-refractivity contribution in [1.82, 2.24) is 4.90 Å². The normalized spacial score (nSPS) is 15.2. The molecule has 28 heavy (non-hydrogen) atoms. The Balaban J connectivity index is 1.70. The molecule has 1 aliphatic rings. The average molecular weight is 419 g/mol. The Morgan fingerprint density at radius 1 is 1.25 bits per heavy atom. The second kappa shape index (κ2) is 8.37. The molecule has 0 saturated carbocycles. The molecule has 0 unspecified atom stereocenters. The van der Waals surface area contributed by atoms with Crippen molar-refractivity contribution in [3.8, 4) is 11.5 Å². The van der Waals surface area contributed by atoms with Crippen LogP contribution in [0.2, 0.25) is 5.02 Å². The Bertz CT molecular complexity index is 975. The van der Waals surface area contributed by atoms with Crippen LogP contribution in [0.25, 0.3) is 6.08 Å². The highest BCUT2D eigenvalue weighted by molar-refractivity contribution is 8.18. The first-order valence-electron chi connectivity index (χ1n) is 8.05. The summed E-state index contributed by atoms with van der Waals surface area (Å²) in [4.78, 5) is 37.9. The maximum absolute atomic E-state index is 12.5. The lowest BCUT2D eigenvalue weighted by molar-refractivity contribution is -0.127. The van der Waals surface area contributed by atoms with Crippen LogP contribution >= 0.6 is 23.4 Å². The molecule has 3 amide bonds. The van der Waals surface area contributed by atoms with Gasteiger partial charge in [0.1, 0.15) is 6.54 Å². The zero-order chi connectivity index (χ0) is 20.3. The van der Waals surface area contributed by atoms with Gasteiger partial charge in [-0.25, -0.2) is 0 Å². The third kappa shape index (κ3) is 4.47. The first kappa shape index (κ1) is 19.8. The lowest BCUT2D eigenvalue weighted by atomic mass is 10.2. The molecule has 7 nitrogen and oxygen atoms in total. The van der Waals surface area contributed by atoms with Crippen molar-refractivity contribution in [2.75, 3.05) is 19.0 Å². The van der Waals surface area contributed by atoms with Crippen molar-refractivity contribution in [3.05, 3.63) is 58.0 Å². The molecule has 1 aliphatic heterocycles. The highest BCUT2D eigenvalue weighted by Crippen LogP contribution is 2.34. The fourth-order valence-corrected chi connectivity index (χ4v) is 3.41. The van der Waals surface area contributed by atoms with Crippen LogP contribution in [-0.2, 0) is 9.59 Å². The monoisotopic (exact) mass is 418 g/mol. The summed E-state index contributed by atoms with van der Waals surface area (Å²) in [6, 6.07) is 11.0. The van der Waals surface area contributed by atoms with Crippen LogP contribution in [0, 0.1) is 0 Å². The van der Waals surface area contributed by atoms with E-state index in [4.69, 9.17) is 16.3 Å². The van der Waals surface area contributed by atoms with E-state index in [1.165, 1.54) is 25.3 Å². The number of hydrogen-bond donors (Lipinski definition) is 2. The van der Waals surface area contributed by atoms with E-state index in [2.05, 4.69) is 5.32 Å². The zero-order valence-corrected chi connectivity index (χ0v) is 16.2. The Morgan fingerprint density at radius 3 is 2.64 bits per heavy atom. The summed E-state index contributed by atoms with van der Waals surface area (Å²) in [5, 5.41) is 12.2. The Hall–Kier alpha value is -2.97. The quantitative estimate of drug-likeness (QED) is 0.718. The first-order chi connectivity index (χ1) is 13.4. The number of anilines is 1. The lowest BCUT2D eigenvalue weighted by Crippen LogP contribution is -2.36. The molecular weight excluding hydrogens is 404 g/mol. The minimum atomic E-state index is -0.562. The fourth-order valence-electron chi connectivity index (χ4n) is 2.45. The molecule has 0 spiro atoms. The molecule has 0 atom stereocenters. The molecule has 0 aromatic heterocycles. The number of ether oxygens (including phenoxy) is 1. The number of amides is 3. The third-order valence-electron chi connectivity index (χ3n) is 3.80. The minimum Gasteiger partial charge on any atom is -0.504 e. The molecular formula is C19H15ClN2O5S. The Morgan fingerprint density at radius 2 is 1.96 bits per heavy atom. The number of methoxy groups -OCH3 is 1. The number of rotatable bonds is 5. The fraction of sp³-hybridized carbons (Fsp3) is 0.105. The largest absolute Gasteiger partial charge is 0.504 e. The molecule has 1 heterocycles. The molecule has 2 N–H and O–H groups in total. The average Bonchev–Trinajstić information content (AvgIpc) is 2.92. The predicted molar refractivity (Wildman–Crippen MR) is 107 cm³/mol. The number of hydrogen-bond acceptors (Lipinski definition) is 6. The second-order valence-electron chi connectivity index (χ2n) is 5.75. The number of phenolic OH excluding ortho intramolecular Hbond substituents is 1. The lowest BCUT2D eigenvalue weighted by Gasteiger charge is -2.12. The van der Waals surface area contributed by atoms with E-state index >= 15 is 0 Å². The van der Waals surface area contributed by atoms with Gasteiger partial charge in [0.15, 0.2) is 11.5 Å². The van der Waals surface area contributed by atoms with Crippen molar-refractivity contribution in [2.24, 2.45) is 0 Å². The molecule has 9 heteroatoms. The van der Waals surface area contributed by atoms with Gasteiger partial charge in [-0.05, 0) is 59.8 Å². The molecule has 0 bridgehead atoms. The van der Waals surface area contributed by atoms with Crippen LogP contribution in [-0.4, -0.2) is 40.7 Å². The number of halogens is 1. The number of benzene rings is 2. The van der Waals surface area contributed by atoms with Gasteiger partial charge in [0, 0.05) is 10.7 Å². The van der Waals surface area contributed by atoms with E-state index in [1.807, 2.05) is 0 Å². The van der Waals surface area contributed by atoms with Crippen LogP contribution in [0.5, 0.6) is 11.5 Å². The number of carbonyl (C=O) groups excluding carboxylic acids is 3. The molecule has 1 fully saturated rings. The summed E-state index contributed by atoms with van der Waals surface area (Å²) in [6.45, 7) is -0.399. The van der Waals surface area contributed by atoms with E-state index in [0.717, 1.165) is 16.7 Å². The van der Waals surface area contributed by atoms with Gasteiger partial charge in [0.25, 0.3) is 11.1 Å². The highest BCUT2D eigenvalue weighted by Gasteiger charge is 2.36. The van der Waals surface area contributed by atoms with E-state index < -0.39 is 23.6 Å². The van der Waals surface area contributed by atoms with Crippen LogP contribution in [0.1, 0.15) is 5.56 Å². The van der Waals surface area contributed by atoms with E-state index in [1.54, 1.807) is 30.3 Å². The zero-order valence-electron chi connectivity index (χ0n) is 14.6. The SMILES string of the molecule is COc1cc(/C=C2\SC(=O)N(CC(=O)Nc3ccc(Cl)cc3)C2=O)ccc1O. The van der Waals surface area contributed by atoms with Crippen LogP contribution in [0.15, 0.2) is 47.4 Å². The smallest absolute Gasteiger partial charge is 0.294 e. The van der Waals surface area contributed by atoms with E-state index in [-0.39, 0.29) is 16.4 Å². The van der Waals surface area contributed by atoms with Gasteiger partial charge in [-0.1, -0.05) is 17.7 Å². The summed E-state index contributed by atoms with van der Waals surface area (Å²) in [5.74, 6) is -0.854. The van der Waals surface area contributed by atoms with Crippen molar-refractivity contribution in [2.45, 2.75) is 0 Å². The molecule has 2 aromatic carbocycles. The topological polar surface area (TPSA) is 95.9 Å². The molecule has 0 aliphatic carbocycles. The van der Waals surface area contributed by atoms with Crippen LogP contribution < -0.4 is 10.1 Å². The van der Waals surface area contributed by atoms with Crippen molar-refractivity contribution >= 4 is 52.2 Å². The van der Waals surface area contributed by atoms with E-state index in [0.29, 0.717) is 16.3 Å². The van der Waals surface area contributed by atoms with Crippen LogP contribution in [0.4, 0.5) is 10.5 Å². The highest BCUT2D eigenvalue weighted by atomic mass is 35.5. The Kier molecular flexibility index (Phi) is 5.91. The maximum atomic E-state index is 12.5. The number of nitrogens with one attached hydrogen (secondary N) is 1. The molecule has 2 aromatic rings. The molecule has 0 radical (unpaired) electrons. The standard InChI is InChI=1S/C19H15ClN2O5S/c1-27-15-8-11(2-7-14(15)23)9-16-18(25)22(19(26)28-16)10-17(24)21-13-5-3-12(20)4-6-13/h2-9,23H,10H2,1H3,(H,21,24)/b16-9-. The summed E-state index contributed by atoms with van der Waals surface area (Å²) < 4.78 is 5.03. The maximum Gasteiger partial charge on any atom is 0.294 e. The number of thioether (sulfide) groups is 1. The molecule has 3 rings (SSSR count). The second-order valence-corrected chi connectivity index (χ2v) is 7.18. The number of nitrogens with zero attached hydrogens (tertiary/aromatic N) is 1. The third-order valence-corrected chi connectivity index (χ3v) is 4.96. The number of carbonyl (C=O) groups is 3. The van der Waals surface area contributed by atoms with Gasteiger partial charge >= 0.3 is 0 Å². The van der Waals surface area contributed by atoms with Crippen LogP contribution in [0.3, 0.4) is 0 Å². The van der Waals surface area contributed by atoms with Gasteiger partial charge in [0.05, 0.1) is 12.0 Å². The predicted octanol–water partition coefficient (Wildman–Crippen LogP) is 3.73. The van der Waals surface area contributed by atoms with E-state index in [9.17, 15) is 19.5 Å². The van der Waals surface area contributed by atoms with Gasteiger partial charge < -0.3 is 15.2 Å². The summed E-state index contributed by atoms with van der Waals surface area (Å²) >= 11 is 6.54. The van der Waals surface area contributed by atoms with Crippen molar-refractivity contribution in [3.63, 3.8) is 0 Å². The number of phenols is 1. The Labute approximate surface area is 169 Å². The van der Waals surface area contributed by atoms with Gasteiger partial charge in [-0.2, -0.15) is 0 Å².